The molecule has 0 aliphatic carbocycles. The Morgan fingerprint density at radius 3 is 2.73 bits per heavy atom. The molecule has 1 aliphatic heterocycles. The number of aromatic nitrogens is 1. The van der Waals surface area contributed by atoms with Gasteiger partial charge in [-0.15, -0.1) is 11.3 Å². The molecule has 0 radical (unpaired) electrons. The Kier molecular flexibility index (Phi) is 4.27. The fourth-order valence-corrected chi connectivity index (χ4v) is 3.74. The summed E-state index contributed by atoms with van der Waals surface area (Å²) < 4.78 is 0. The van der Waals surface area contributed by atoms with Crippen molar-refractivity contribution in [1.29, 1.82) is 0 Å². The highest BCUT2D eigenvalue weighted by molar-refractivity contribution is 7.12. The first-order valence-corrected chi connectivity index (χ1v) is 8.41. The van der Waals surface area contributed by atoms with Gasteiger partial charge in [0.25, 0.3) is 0 Å². The molecule has 1 aromatic heterocycles. The van der Waals surface area contributed by atoms with Gasteiger partial charge in [0, 0.05) is 29.6 Å². The van der Waals surface area contributed by atoms with E-state index in [0.29, 0.717) is 13.0 Å². The summed E-state index contributed by atoms with van der Waals surface area (Å²) in [5, 5.41) is 0.997. The highest BCUT2D eigenvalue weighted by Crippen LogP contribution is 2.29. The van der Waals surface area contributed by atoms with Crippen molar-refractivity contribution in [3.63, 3.8) is 0 Å². The van der Waals surface area contributed by atoms with Crippen molar-refractivity contribution in [3.8, 4) is 11.3 Å². The number of amides is 1. The standard InChI is InChI=1S/C17H21N3OS/c1-11-3-5-13(6-4-11)17-15(22-12(2)19-17)9-16(21)20-8-7-14(18)10-20/h3-6,14H,7-10,18H2,1-2H3/t14-/m1/s1. The minimum absolute atomic E-state index is 0.128. The van der Waals surface area contributed by atoms with Crippen molar-refractivity contribution in [2.24, 2.45) is 5.73 Å². The van der Waals surface area contributed by atoms with Crippen molar-refractivity contribution < 1.29 is 4.79 Å². The number of nitrogens with zero attached hydrogens (tertiary/aromatic N) is 2. The lowest BCUT2D eigenvalue weighted by molar-refractivity contribution is -0.129. The summed E-state index contributed by atoms with van der Waals surface area (Å²) in [5.41, 5.74) is 9.14. The third kappa shape index (κ3) is 3.20. The summed E-state index contributed by atoms with van der Waals surface area (Å²) in [6.07, 6.45) is 1.32. The summed E-state index contributed by atoms with van der Waals surface area (Å²) >= 11 is 1.61. The number of hydrogen-bond acceptors (Lipinski definition) is 4. The van der Waals surface area contributed by atoms with Crippen molar-refractivity contribution in [2.45, 2.75) is 32.7 Å². The van der Waals surface area contributed by atoms with E-state index in [0.717, 1.165) is 34.1 Å². The van der Waals surface area contributed by atoms with Crippen LogP contribution in [0.25, 0.3) is 11.3 Å². The molecule has 2 N–H and O–H groups in total. The van der Waals surface area contributed by atoms with Crippen molar-refractivity contribution in [2.75, 3.05) is 13.1 Å². The van der Waals surface area contributed by atoms with Crippen LogP contribution in [0, 0.1) is 13.8 Å². The van der Waals surface area contributed by atoms with Gasteiger partial charge in [-0.25, -0.2) is 4.98 Å². The molecule has 3 rings (SSSR count). The number of likely N-dealkylation sites (tertiary alicyclic amines) is 1. The Morgan fingerprint density at radius 1 is 1.36 bits per heavy atom. The van der Waals surface area contributed by atoms with Crippen LogP contribution in [0.15, 0.2) is 24.3 Å². The van der Waals surface area contributed by atoms with E-state index in [-0.39, 0.29) is 11.9 Å². The molecule has 1 aliphatic rings. The quantitative estimate of drug-likeness (QED) is 0.947. The molecule has 1 amide bonds. The molecule has 5 heteroatoms. The summed E-state index contributed by atoms with van der Waals surface area (Å²) in [5.74, 6) is 0.157. The van der Waals surface area contributed by atoms with E-state index >= 15 is 0 Å². The fraction of sp³-hybridized carbons (Fsp3) is 0.412. The maximum absolute atomic E-state index is 12.5. The second kappa shape index (κ2) is 6.18. The van der Waals surface area contributed by atoms with E-state index in [1.54, 1.807) is 11.3 Å². The Bertz CT molecular complexity index is 678. The maximum atomic E-state index is 12.5. The van der Waals surface area contributed by atoms with Gasteiger partial charge in [-0.1, -0.05) is 29.8 Å². The number of hydrogen-bond donors (Lipinski definition) is 1. The van der Waals surface area contributed by atoms with Gasteiger partial charge in [0.15, 0.2) is 0 Å². The molecule has 0 bridgehead atoms. The number of carbonyl (C=O) groups is 1. The second-order valence-corrected chi connectivity index (χ2v) is 7.22. The number of benzene rings is 1. The van der Waals surface area contributed by atoms with Gasteiger partial charge >= 0.3 is 0 Å². The zero-order valence-corrected chi connectivity index (χ0v) is 13.8. The summed E-state index contributed by atoms with van der Waals surface area (Å²) in [6, 6.07) is 8.43. The Hall–Kier alpha value is -1.72. The molecule has 0 saturated carbocycles. The summed E-state index contributed by atoms with van der Waals surface area (Å²) in [6.45, 7) is 5.51. The zero-order chi connectivity index (χ0) is 15.7. The lowest BCUT2D eigenvalue weighted by Crippen LogP contribution is -2.32. The van der Waals surface area contributed by atoms with Gasteiger partial charge in [-0.2, -0.15) is 0 Å². The van der Waals surface area contributed by atoms with Gasteiger partial charge in [-0.05, 0) is 20.3 Å². The van der Waals surface area contributed by atoms with Crippen LogP contribution in [-0.2, 0) is 11.2 Å². The van der Waals surface area contributed by atoms with Crippen LogP contribution in [0.4, 0.5) is 0 Å². The molecule has 116 valence electrons. The highest BCUT2D eigenvalue weighted by Gasteiger charge is 2.25. The lowest BCUT2D eigenvalue weighted by atomic mass is 10.1. The Balaban J connectivity index is 1.82. The third-order valence-electron chi connectivity index (χ3n) is 4.02. The average molecular weight is 315 g/mol. The molecule has 2 heterocycles. The van der Waals surface area contributed by atoms with Gasteiger partial charge in [0.2, 0.25) is 5.91 Å². The van der Waals surface area contributed by atoms with Gasteiger partial charge in [-0.3, -0.25) is 4.79 Å². The van der Waals surface area contributed by atoms with Crippen LogP contribution in [0.2, 0.25) is 0 Å². The number of thiazole rings is 1. The van der Waals surface area contributed by atoms with Crippen molar-refractivity contribution in [1.82, 2.24) is 9.88 Å². The van der Waals surface area contributed by atoms with Gasteiger partial charge in [0.1, 0.15) is 0 Å². The van der Waals surface area contributed by atoms with Gasteiger partial charge < -0.3 is 10.6 Å². The largest absolute Gasteiger partial charge is 0.341 e. The van der Waals surface area contributed by atoms with Crippen molar-refractivity contribution >= 4 is 17.2 Å². The van der Waals surface area contributed by atoms with Crippen LogP contribution in [0.5, 0.6) is 0 Å². The first-order chi connectivity index (χ1) is 10.5. The molecule has 1 aromatic carbocycles. The van der Waals surface area contributed by atoms with E-state index < -0.39 is 0 Å². The number of nitrogens with two attached hydrogens (primary N) is 1. The fourth-order valence-electron chi connectivity index (χ4n) is 2.79. The Morgan fingerprint density at radius 2 is 2.09 bits per heavy atom. The van der Waals surface area contributed by atoms with E-state index in [2.05, 4.69) is 36.2 Å². The van der Waals surface area contributed by atoms with E-state index in [9.17, 15) is 4.79 Å². The number of rotatable bonds is 3. The topological polar surface area (TPSA) is 59.2 Å². The highest BCUT2D eigenvalue weighted by atomic mass is 32.1. The van der Waals surface area contributed by atoms with Crippen molar-refractivity contribution in [3.05, 3.63) is 39.7 Å². The second-order valence-electron chi connectivity index (χ2n) is 5.94. The molecule has 4 nitrogen and oxygen atoms in total. The van der Waals surface area contributed by atoms with Crippen LogP contribution >= 0.6 is 11.3 Å². The lowest BCUT2D eigenvalue weighted by Gasteiger charge is -2.15. The Labute approximate surface area is 135 Å². The molecule has 2 aromatic rings. The number of carbonyl (C=O) groups excluding carboxylic acids is 1. The molecule has 1 fully saturated rings. The minimum Gasteiger partial charge on any atom is -0.341 e. The predicted octanol–water partition coefficient (Wildman–Crippen LogP) is 2.53. The zero-order valence-electron chi connectivity index (χ0n) is 13.0. The molecule has 0 spiro atoms. The monoisotopic (exact) mass is 315 g/mol. The van der Waals surface area contributed by atoms with Crippen LogP contribution in [0.1, 0.15) is 21.9 Å². The molecule has 1 atom stereocenters. The maximum Gasteiger partial charge on any atom is 0.227 e. The SMILES string of the molecule is Cc1ccc(-c2nc(C)sc2CC(=O)N2CC[C@@H](N)C2)cc1. The smallest absolute Gasteiger partial charge is 0.227 e. The molecule has 0 unspecified atom stereocenters. The summed E-state index contributed by atoms with van der Waals surface area (Å²) in [4.78, 5) is 20.0. The predicted molar refractivity (Wildman–Crippen MR) is 89.9 cm³/mol. The van der Waals surface area contributed by atoms with Crippen LogP contribution in [-0.4, -0.2) is 34.9 Å². The normalized spacial score (nSPS) is 18.0. The van der Waals surface area contributed by atoms with Crippen LogP contribution in [0.3, 0.4) is 0 Å². The first-order valence-electron chi connectivity index (χ1n) is 7.59. The van der Waals surface area contributed by atoms with Crippen LogP contribution < -0.4 is 5.73 Å². The average Bonchev–Trinajstić information content (AvgIpc) is 3.06. The summed E-state index contributed by atoms with van der Waals surface area (Å²) in [7, 11) is 0. The van der Waals surface area contributed by atoms with E-state index in [4.69, 9.17) is 5.73 Å². The molecule has 1 saturated heterocycles. The molecular formula is C17H21N3OS. The minimum atomic E-state index is 0.128. The number of aryl methyl sites for hydroxylation is 2. The van der Waals surface area contributed by atoms with Gasteiger partial charge in [0.05, 0.1) is 17.1 Å². The molecular weight excluding hydrogens is 294 g/mol. The first kappa shape index (κ1) is 15.2. The third-order valence-corrected chi connectivity index (χ3v) is 4.99. The van der Waals surface area contributed by atoms with E-state index in [1.807, 2.05) is 11.8 Å². The molecule has 22 heavy (non-hydrogen) atoms. The van der Waals surface area contributed by atoms with E-state index in [1.165, 1.54) is 5.56 Å².